The minimum atomic E-state index is -0.961. The maximum Gasteiger partial charge on any atom is 0.310 e. The average Bonchev–Trinajstić information content (AvgIpc) is 2.26. The lowest BCUT2D eigenvalue weighted by Gasteiger charge is -2.21. The van der Waals surface area contributed by atoms with Gasteiger partial charge in [0.1, 0.15) is 0 Å². The number of halogens is 1. The minimum absolute atomic E-state index is 0.156. The van der Waals surface area contributed by atoms with E-state index in [2.05, 4.69) is 5.32 Å². The number of nitrogens with one attached hydrogen (secondary N) is 1. The van der Waals surface area contributed by atoms with Crippen molar-refractivity contribution in [3.8, 4) is 0 Å². The van der Waals surface area contributed by atoms with Gasteiger partial charge in [0.05, 0.1) is 11.0 Å². The quantitative estimate of drug-likeness (QED) is 0.762. The van der Waals surface area contributed by atoms with Gasteiger partial charge in [-0.15, -0.1) is 0 Å². The molecule has 0 heterocycles. The number of amides is 1. The molecule has 6 heteroatoms. The molecule has 0 aromatic heterocycles. The molecule has 0 fully saturated rings. The standard InChI is InChI=1S/C12H15ClN2O3/c1-12(2,11(17)18)6-15-9-5-7(13)3-4-8(9)10(14)16/h3-5,15H,6H2,1-2H3,(H2,14,16)(H,17,18). The smallest absolute Gasteiger partial charge is 0.310 e. The molecule has 18 heavy (non-hydrogen) atoms. The van der Waals surface area contributed by atoms with E-state index in [0.29, 0.717) is 10.7 Å². The Morgan fingerprint density at radius 3 is 2.56 bits per heavy atom. The van der Waals surface area contributed by atoms with Gasteiger partial charge in [0.15, 0.2) is 0 Å². The van der Waals surface area contributed by atoms with Crippen LogP contribution in [0.1, 0.15) is 24.2 Å². The number of carboxylic acids is 1. The number of carbonyl (C=O) groups is 2. The SMILES string of the molecule is CC(C)(CNc1cc(Cl)ccc1C(N)=O)C(=O)O. The molecule has 0 saturated heterocycles. The topological polar surface area (TPSA) is 92.4 Å². The second-order valence-corrected chi connectivity index (χ2v) is 5.03. The molecule has 0 aliphatic heterocycles. The third kappa shape index (κ3) is 3.37. The van der Waals surface area contributed by atoms with Crippen LogP contribution in [-0.4, -0.2) is 23.5 Å². The Morgan fingerprint density at radius 2 is 2.06 bits per heavy atom. The molecule has 0 aliphatic rings. The van der Waals surface area contributed by atoms with Crippen molar-refractivity contribution in [2.24, 2.45) is 11.1 Å². The predicted molar refractivity (Wildman–Crippen MR) is 69.9 cm³/mol. The van der Waals surface area contributed by atoms with E-state index >= 15 is 0 Å². The van der Waals surface area contributed by atoms with Crippen LogP contribution in [0.5, 0.6) is 0 Å². The third-order valence-corrected chi connectivity index (χ3v) is 2.78. The summed E-state index contributed by atoms with van der Waals surface area (Å²) < 4.78 is 0. The van der Waals surface area contributed by atoms with Crippen molar-refractivity contribution in [3.05, 3.63) is 28.8 Å². The Labute approximate surface area is 110 Å². The van der Waals surface area contributed by atoms with Gasteiger partial charge in [0.2, 0.25) is 0 Å². The maximum atomic E-state index is 11.2. The Kier molecular flexibility index (Phi) is 4.19. The van der Waals surface area contributed by atoms with Crippen molar-refractivity contribution in [2.45, 2.75) is 13.8 Å². The summed E-state index contributed by atoms with van der Waals surface area (Å²) in [5.74, 6) is -1.53. The van der Waals surface area contributed by atoms with Gasteiger partial charge in [-0.3, -0.25) is 9.59 Å². The van der Waals surface area contributed by atoms with E-state index in [1.807, 2.05) is 0 Å². The molecule has 0 spiro atoms. The second kappa shape index (κ2) is 5.27. The van der Waals surface area contributed by atoms with Crippen molar-refractivity contribution in [1.82, 2.24) is 0 Å². The van der Waals surface area contributed by atoms with Crippen LogP contribution in [0.2, 0.25) is 5.02 Å². The van der Waals surface area contributed by atoms with E-state index in [1.165, 1.54) is 6.07 Å². The summed E-state index contributed by atoms with van der Waals surface area (Å²) in [7, 11) is 0. The number of carboxylic acid groups (broad SMARTS) is 1. The number of rotatable bonds is 5. The Balaban J connectivity index is 2.94. The number of anilines is 1. The maximum absolute atomic E-state index is 11.2. The fourth-order valence-corrected chi connectivity index (χ4v) is 1.44. The summed E-state index contributed by atoms with van der Waals surface area (Å²) in [5.41, 5.74) is 4.98. The van der Waals surface area contributed by atoms with Crippen molar-refractivity contribution in [3.63, 3.8) is 0 Å². The highest BCUT2D eigenvalue weighted by molar-refractivity contribution is 6.31. The summed E-state index contributed by atoms with van der Waals surface area (Å²) in [6.07, 6.45) is 0. The lowest BCUT2D eigenvalue weighted by Crippen LogP contribution is -2.32. The van der Waals surface area contributed by atoms with Gasteiger partial charge in [-0.05, 0) is 32.0 Å². The minimum Gasteiger partial charge on any atom is -0.481 e. The number of nitrogens with two attached hydrogens (primary N) is 1. The lowest BCUT2D eigenvalue weighted by atomic mass is 9.93. The van der Waals surface area contributed by atoms with E-state index in [4.69, 9.17) is 22.4 Å². The Morgan fingerprint density at radius 1 is 1.44 bits per heavy atom. The number of hydrogen-bond acceptors (Lipinski definition) is 3. The average molecular weight is 271 g/mol. The van der Waals surface area contributed by atoms with Crippen molar-refractivity contribution >= 4 is 29.2 Å². The Hall–Kier alpha value is -1.75. The van der Waals surface area contributed by atoms with Gasteiger partial charge in [-0.25, -0.2) is 0 Å². The first-order chi connectivity index (χ1) is 8.24. The molecule has 0 unspecified atom stereocenters. The fraction of sp³-hybridized carbons (Fsp3) is 0.333. The van der Waals surface area contributed by atoms with Crippen molar-refractivity contribution in [1.29, 1.82) is 0 Å². The number of primary amides is 1. The third-order valence-electron chi connectivity index (χ3n) is 2.55. The molecular weight excluding hydrogens is 256 g/mol. The van der Waals surface area contributed by atoms with Gasteiger partial charge >= 0.3 is 5.97 Å². The molecule has 1 aromatic carbocycles. The van der Waals surface area contributed by atoms with Crippen LogP contribution in [0.15, 0.2) is 18.2 Å². The zero-order chi connectivity index (χ0) is 13.9. The van der Waals surface area contributed by atoms with Crippen LogP contribution in [0.4, 0.5) is 5.69 Å². The van der Waals surface area contributed by atoms with Gasteiger partial charge in [0.25, 0.3) is 5.91 Å². The monoisotopic (exact) mass is 270 g/mol. The van der Waals surface area contributed by atoms with E-state index in [0.717, 1.165) is 0 Å². The van der Waals surface area contributed by atoms with Crippen LogP contribution in [0.3, 0.4) is 0 Å². The molecule has 1 rings (SSSR count). The zero-order valence-corrected chi connectivity index (χ0v) is 10.9. The predicted octanol–water partition coefficient (Wildman–Crippen LogP) is 1.96. The first kappa shape index (κ1) is 14.3. The largest absolute Gasteiger partial charge is 0.481 e. The van der Waals surface area contributed by atoms with Crippen LogP contribution in [-0.2, 0) is 4.79 Å². The summed E-state index contributed by atoms with van der Waals surface area (Å²) in [4.78, 5) is 22.2. The van der Waals surface area contributed by atoms with Crippen LogP contribution in [0.25, 0.3) is 0 Å². The first-order valence-electron chi connectivity index (χ1n) is 5.30. The van der Waals surface area contributed by atoms with E-state index < -0.39 is 17.3 Å². The number of benzene rings is 1. The van der Waals surface area contributed by atoms with E-state index in [-0.39, 0.29) is 12.1 Å². The van der Waals surface area contributed by atoms with Crippen LogP contribution < -0.4 is 11.1 Å². The highest BCUT2D eigenvalue weighted by atomic mass is 35.5. The van der Waals surface area contributed by atoms with Gasteiger partial charge in [0, 0.05) is 17.3 Å². The van der Waals surface area contributed by atoms with E-state index in [9.17, 15) is 9.59 Å². The lowest BCUT2D eigenvalue weighted by molar-refractivity contribution is -0.146. The molecule has 5 nitrogen and oxygen atoms in total. The molecule has 0 saturated carbocycles. The molecule has 0 aliphatic carbocycles. The fourth-order valence-electron chi connectivity index (χ4n) is 1.27. The molecule has 0 radical (unpaired) electrons. The van der Waals surface area contributed by atoms with Crippen LogP contribution in [0, 0.1) is 5.41 Å². The number of hydrogen-bond donors (Lipinski definition) is 3. The summed E-state index contributed by atoms with van der Waals surface area (Å²) in [6.45, 7) is 3.32. The van der Waals surface area contributed by atoms with E-state index in [1.54, 1.807) is 26.0 Å². The van der Waals surface area contributed by atoms with Crippen molar-refractivity contribution < 1.29 is 14.7 Å². The van der Waals surface area contributed by atoms with Crippen LogP contribution >= 0.6 is 11.6 Å². The number of carbonyl (C=O) groups excluding carboxylic acids is 1. The molecule has 4 N–H and O–H groups in total. The molecular formula is C12H15ClN2O3. The molecule has 0 atom stereocenters. The molecule has 1 aromatic rings. The molecule has 1 amide bonds. The summed E-state index contributed by atoms with van der Waals surface area (Å²) in [6, 6.07) is 4.59. The molecule has 0 bridgehead atoms. The normalized spacial score (nSPS) is 11.1. The highest BCUT2D eigenvalue weighted by Gasteiger charge is 2.27. The zero-order valence-electron chi connectivity index (χ0n) is 10.2. The summed E-state index contributed by atoms with van der Waals surface area (Å²) in [5, 5.41) is 12.3. The first-order valence-corrected chi connectivity index (χ1v) is 5.68. The van der Waals surface area contributed by atoms with Gasteiger partial charge in [-0.1, -0.05) is 11.6 Å². The number of aliphatic carboxylic acids is 1. The highest BCUT2D eigenvalue weighted by Crippen LogP contribution is 2.23. The second-order valence-electron chi connectivity index (χ2n) is 4.60. The van der Waals surface area contributed by atoms with Crippen molar-refractivity contribution in [2.75, 3.05) is 11.9 Å². The molecule has 98 valence electrons. The summed E-state index contributed by atoms with van der Waals surface area (Å²) >= 11 is 5.83. The van der Waals surface area contributed by atoms with Gasteiger partial charge in [-0.2, -0.15) is 0 Å². The van der Waals surface area contributed by atoms with Gasteiger partial charge < -0.3 is 16.2 Å². The Bertz CT molecular complexity index is 486.